The third-order valence-corrected chi connectivity index (χ3v) is 2.82. The van der Waals surface area contributed by atoms with Crippen LogP contribution in [0.15, 0.2) is 24.3 Å². The van der Waals surface area contributed by atoms with E-state index in [4.69, 9.17) is 0 Å². The minimum atomic E-state index is -5.50. The van der Waals surface area contributed by atoms with Crippen LogP contribution in [0.3, 0.4) is 0 Å². The Labute approximate surface area is 118 Å². The second kappa shape index (κ2) is 6.65. The van der Waals surface area contributed by atoms with Gasteiger partial charge < -0.3 is 10.1 Å². The van der Waals surface area contributed by atoms with E-state index in [-0.39, 0.29) is 0 Å². The molecule has 0 heterocycles. The molecule has 0 aliphatic carbocycles. The van der Waals surface area contributed by atoms with Crippen molar-refractivity contribution in [3.05, 3.63) is 35.4 Å². The second-order valence-electron chi connectivity index (χ2n) is 4.55. The van der Waals surface area contributed by atoms with Crippen molar-refractivity contribution in [3.63, 3.8) is 0 Å². The minimum Gasteiger partial charge on any atom is -0.359 e. The van der Waals surface area contributed by atoms with Crippen LogP contribution in [0.1, 0.15) is 17.2 Å². The van der Waals surface area contributed by atoms with Crippen LogP contribution in [0.4, 0.5) is 26.3 Å². The molecule has 2 nitrogen and oxygen atoms in total. The highest BCUT2D eigenvalue weighted by Gasteiger charge is 2.58. The summed E-state index contributed by atoms with van der Waals surface area (Å²) in [6, 6.07) is 5.94. The highest BCUT2D eigenvalue weighted by molar-refractivity contribution is 5.25. The Kier molecular flexibility index (Phi) is 5.63. The molecule has 0 fully saturated rings. The highest BCUT2D eigenvalue weighted by atomic mass is 19.4. The summed E-state index contributed by atoms with van der Waals surface area (Å²) in [5.74, 6) is 0. The summed E-state index contributed by atoms with van der Waals surface area (Å²) in [6.07, 6.45) is -14.8. The third-order valence-electron chi connectivity index (χ3n) is 2.82. The van der Waals surface area contributed by atoms with Crippen LogP contribution in [-0.2, 0) is 4.74 Å². The van der Waals surface area contributed by atoms with Crippen LogP contribution >= 0.6 is 0 Å². The summed E-state index contributed by atoms with van der Waals surface area (Å²) in [6.45, 7) is 1.02. The monoisotopic (exact) mass is 315 g/mol. The van der Waals surface area contributed by atoms with Gasteiger partial charge in [0.2, 0.25) is 6.10 Å². The average molecular weight is 315 g/mol. The molecule has 0 aliphatic rings. The normalized spacial score (nSPS) is 14.5. The summed E-state index contributed by atoms with van der Waals surface area (Å²) in [5.41, 5.74) is 1.40. The van der Waals surface area contributed by atoms with Gasteiger partial charge in [-0.25, -0.2) is 0 Å². The van der Waals surface area contributed by atoms with Gasteiger partial charge >= 0.3 is 12.4 Å². The van der Waals surface area contributed by atoms with Gasteiger partial charge in [-0.1, -0.05) is 29.8 Å². The Morgan fingerprint density at radius 3 is 2.10 bits per heavy atom. The van der Waals surface area contributed by atoms with Gasteiger partial charge in [0.1, 0.15) is 0 Å². The van der Waals surface area contributed by atoms with E-state index in [9.17, 15) is 26.3 Å². The zero-order chi connectivity index (χ0) is 16.3. The molecule has 1 aromatic rings. The first-order valence-corrected chi connectivity index (χ1v) is 6.04. The number of halogens is 6. The number of benzene rings is 1. The molecule has 120 valence electrons. The van der Waals surface area contributed by atoms with Crippen molar-refractivity contribution in [1.29, 1.82) is 0 Å². The molecule has 1 aromatic carbocycles. The van der Waals surface area contributed by atoms with Crippen LogP contribution in [0.25, 0.3) is 0 Å². The average Bonchev–Trinajstić information content (AvgIpc) is 2.31. The Hall–Kier alpha value is -1.28. The molecule has 0 radical (unpaired) electrons. The fraction of sp³-hybridized carbons (Fsp3) is 0.538. The molecule has 0 aromatic heterocycles. The molecule has 0 spiro atoms. The van der Waals surface area contributed by atoms with E-state index >= 15 is 0 Å². The van der Waals surface area contributed by atoms with E-state index in [1.54, 1.807) is 31.2 Å². The van der Waals surface area contributed by atoms with Crippen molar-refractivity contribution < 1.29 is 31.1 Å². The van der Waals surface area contributed by atoms with Crippen LogP contribution in [-0.4, -0.2) is 32.1 Å². The molecule has 0 saturated carbocycles. The number of aryl methyl sites for hydroxylation is 1. The molecule has 8 heteroatoms. The number of ether oxygens (including phenoxy) is 1. The van der Waals surface area contributed by atoms with Gasteiger partial charge in [-0.15, -0.1) is 0 Å². The largest absolute Gasteiger partial charge is 0.423 e. The SMILES string of the molecule is CNC(COC(C(F)(F)F)C(F)(F)F)c1cccc(C)c1. The van der Waals surface area contributed by atoms with Crippen LogP contribution in [0.5, 0.6) is 0 Å². The Bertz CT molecular complexity index is 443. The lowest BCUT2D eigenvalue weighted by Gasteiger charge is -2.26. The van der Waals surface area contributed by atoms with Gasteiger partial charge in [0.05, 0.1) is 12.6 Å². The molecule has 0 bridgehead atoms. The maximum atomic E-state index is 12.4. The van der Waals surface area contributed by atoms with Crippen molar-refractivity contribution in [1.82, 2.24) is 5.32 Å². The molecular weight excluding hydrogens is 300 g/mol. The number of alkyl halides is 6. The van der Waals surface area contributed by atoms with Gasteiger partial charge in [-0.2, -0.15) is 26.3 Å². The highest BCUT2D eigenvalue weighted by Crippen LogP contribution is 2.36. The summed E-state index contributed by atoms with van der Waals surface area (Å²) in [5, 5.41) is 2.64. The Morgan fingerprint density at radius 1 is 1.10 bits per heavy atom. The molecule has 0 saturated heterocycles. The molecule has 1 rings (SSSR count). The van der Waals surface area contributed by atoms with Crippen molar-refractivity contribution in [2.45, 2.75) is 31.4 Å². The lowest BCUT2D eigenvalue weighted by molar-refractivity contribution is -0.322. The summed E-state index contributed by atoms with van der Waals surface area (Å²) < 4.78 is 78.3. The van der Waals surface area contributed by atoms with E-state index in [1.165, 1.54) is 7.05 Å². The predicted octanol–water partition coefficient (Wildman–Crippen LogP) is 3.77. The van der Waals surface area contributed by atoms with Gasteiger partial charge in [0, 0.05) is 0 Å². The molecule has 1 N–H and O–H groups in total. The zero-order valence-electron chi connectivity index (χ0n) is 11.3. The van der Waals surface area contributed by atoms with E-state index in [0.29, 0.717) is 5.56 Å². The number of rotatable bonds is 5. The third kappa shape index (κ3) is 5.20. The van der Waals surface area contributed by atoms with E-state index in [2.05, 4.69) is 10.1 Å². The van der Waals surface area contributed by atoms with Crippen LogP contribution in [0.2, 0.25) is 0 Å². The zero-order valence-corrected chi connectivity index (χ0v) is 11.3. The Morgan fingerprint density at radius 2 is 1.67 bits per heavy atom. The maximum absolute atomic E-state index is 12.4. The first-order chi connectivity index (χ1) is 9.55. The van der Waals surface area contributed by atoms with Crippen molar-refractivity contribution in [3.8, 4) is 0 Å². The van der Waals surface area contributed by atoms with Gasteiger partial charge in [-0.05, 0) is 19.5 Å². The fourth-order valence-corrected chi connectivity index (χ4v) is 1.80. The van der Waals surface area contributed by atoms with E-state index in [0.717, 1.165) is 5.56 Å². The molecule has 0 aliphatic heterocycles. The lowest BCUT2D eigenvalue weighted by Crippen LogP contribution is -2.45. The maximum Gasteiger partial charge on any atom is 0.423 e. The quantitative estimate of drug-likeness (QED) is 0.835. The summed E-state index contributed by atoms with van der Waals surface area (Å²) in [7, 11) is 1.44. The molecule has 1 atom stereocenters. The Balaban J connectivity index is 2.82. The van der Waals surface area contributed by atoms with Crippen molar-refractivity contribution in [2.24, 2.45) is 0 Å². The first-order valence-electron chi connectivity index (χ1n) is 6.04. The van der Waals surface area contributed by atoms with Crippen molar-refractivity contribution >= 4 is 0 Å². The van der Waals surface area contributed by atoms with Gasteiger partial charge in [-0.3, -0.25) is 0 Å². The summed E-state index contributed by atoms with van der Waals surface area (Å²) in [4.78, 5) is 0. The first kappa shape index (κ1) is 17.8. The molecule has 1 unspecified atom stereocenters. The molecule has 21 heavy (non-hydrogen) atoms. The second-order valence-corrected chi connectivity index (χ2v) is 4.55. The summed E-state index contributed by atoms with van der Waals surface area (Å²) >= 11 is 0. The minimum absolute atomic E-state index is 0.556. The van der Waals surface area contributed by atoms with Crippen LogP contribution in [0, 0.1) is 6.92 Å². The lowest BCUT2D eigenvalue weighted by atomic mass is 10.1. The van der Waals surface area contributed by atoms with Gasteiger partial charge in [0.15, 0.2) is 0 Å². The van der Waals surface area contributed by atoms with Crippen LogP contribution < -0.4 is 5.32 Å². The molecular formula is C13H15F6NO. The number of hydrogen-bond acceptors (Lipinski definition) is 2. The van der Waals surface area contributed by atoms with E-state index in [1.807, 2.05) is 0 Å². The smallest absolute Gasteiger partial charge is 0.359 e. The number of nitrogens with one attached hydrogen (secondary N) is 1. The molecule has 0 amide bonds. The number of likely N-dealkylation sites (N-methyl/N-ethyl adjacent to an activating group) is 1. The van der Waals surface area contributed by atoms with E-state index < -0.39 is 31.1 Å². The fourth-order valence-electron chi connectivity index (χ4n) is 1.80. The van der Waals surface area contributed by atoms with Gasteiger partial charge in [0.25, 0.3) is 0 Å². The number of hydrogen-bond donors (Lipinski definition) is 1. The standard InChI is InChI=1S/C13H15F6NO/c1-8-4-3-5-9(6-8)10(20-2)7-21-11(12(14,15)16)13(17,18)19/h3-6,10-11,20H,7H2,1-2H3. The predicted molar refractivity (Wildman–Crippen MR) is 64.8 cm³/mol. The van der Waals surface area contributed by atoms with Crippen molar-refractivity contribution in [2.75, 3.05) is 13.7 Å². The topological polar surface area (TPSA) is 21.3 Å².